The van der Waals surface area contributed by atoms with E-state index in [9.17, 15) is 14.0 Å². The molecule has 2 N–H and O–H groups in total. The maximum Gasteiger partial charge on any atom is 0.251 e. The van der Waals surface area contributed by atoms with Crippen LogP contribution in [0.5, 0.6) is 0 Å². The molecule has 0 spiro atoms. The summed E-state index contributed by atoms with van der Waals surface area (Å²) in [5.41, 5.74) is 1.41. The molecular formula is C27H29FN4O2. The molecule has 0 bridgehead atoms. The minimum Gasteiger partial charge on any atom is -0.351 e. The van der Waals surface area contributed by atoms with E-state index in [4.69, 9.17) is 0 Å². The molecular weight excluding hydrogens is 431 g/mol. The number of hydrogen-bond acceptors (Lipinski definition) is 4. The summed E-state index contributed by atoms with van der Waals surface area (Å²) >= 11 is 0. The zero-order chi connectivity index (χ0) is 23.5. The third kappa shape index (κ3) is 4.75. The number of nitrogens with zero attached hydrogens (tertiary/aromatic N) is 2. The van der Waals surface area contributed by atoms with Gasteiger partial charge < -0.3 is 20.4 Å². The second-order valence-corrected chi connectivity index (χ2v) is 9.09. The molecule has 7 heteroatoms. The van der Waals surface area contributed by atoms with E-state index in [-0.39, 0.29) is 29.6 Å². The van der Waals surface area contributed by atoms with Crippen molar-refractivity contribution in [2.24, 2.45) is 5.92 Å². The van der Waals surface area contributed by atoms with Gasteiger partial charge in [-0.2, -0.15) is 0 Å². The molecule has 3 aromatic carbocycles. The van der Waals surface area contributed by atoms with Crippen LogP contribution in [0.15, 0.2) is 66.7 Å². The molecule has 3 aromatic rings. The average molecular weight is 461 g/mol. The number of carbonyl (C=O) groups is 2. The van der Waals surface area contributed by atoms with Gasteiger partial charge in [0.15, 0.2) is 0 Å². The van der Waals surface area contributed by atoms with Crippen LogP contribution >= 0.6 is 0 Å². The molecule has 2 amide bonds. The lowest BCUT2D eigenvalue weighted by atomic mass is 9.88. The van der Waals surface area contributed by atoms with Crippen molar-refractivity contribution in [3.63, 3.8) is 0 Å². The second kappa shape index (κ2) is 9.81. The first-order valence-corrected chi connectivity index (χ1v) is 11.9. The van der Waals surface area contributed by atoms with Crippen molar-refractivity contribution in [2.75, 3.05) is 37.7 Å². The number of piperidine rings is 1. The van der Waals surface area contributed by atoms with Gasteiger partial charge in [0.25, 0.3) is 5.91 Å². The molecule has 1 unspecified atom stereocenters. The Labute approximate surface area is 198 Å². The van der Waals surface area contributed by atoms with Crippen LogP contribution in [-0.4, -0.2) is 55.6 Å². The summed E-state index contributed by atoms with van der Waals surface area (Å²) in [4.78, 5) is 29.5. The predicted molar refractivity (Wildman–Crippen MR) is 131 cm³/mol. The van der Waals surface area contributed by atoms with Gasteiger partial charge in [0, 0.05) is 24.3 Å². The van der Waals surface area contributed by atoms with Crippen molar-refractivity contribution >= 4 is 28.3 Å². The van der Waals surface area contributed by atoms with Crippen molar-refractivity contribution < 1.29 is 14.0 Å². The summed E-state index contributed by atoms with van der Waals surface area (Å²) in [5.74, 6) is -0.121. The molecule has 2 aliphatic heterocycles. The Hall–Kier alpha value is -3.45. The monoisotopic (exact) mass is 460 g/mol. The van der Waals surface area contributed by atoms with Crippen molar-refractivity contribution in [1.82, 2.24) is 15.5 Å². The maximum absolute atomic E-state index is 13.7. The van der Waals surface area contributed by atoms with Crippen LogP contribution in [0, 0.1) is 11.7 Å². The highest BCUT2D eigenvalue weighted by Crippen LogP contribution is 2.30. The van der Waals surface area contributed by atoms with Crippen molar-refractivity contribution in [2.45, 2.75) is 18.9 Å². The normalized spacial score (nSPS) is 19.4. The van der Waals surface area contributed by atoms with E-state index in [1.54, 1.807) is 6.07 Å². The highest BCUT2D eigenvalue weighted by atomic mass is 19.1. The number of carbonyl (C=O) groups excluding carboxylic acids is 2. The lowest BCUT2D eigenvalue weighted by Gasteiger charge is -2.37. The van der Waals surface area contributed by atoms with Gasteiger partial charge >= 0.3 is 0 Å². The fourth-order valence-corrected chi connectivity index (χ4v) is 5.14. The number of halogens is 1. The van der Waals surface area contributed by atoms with Crippen LogP contribution in [0.1, 0.15) is 23.2 Å². The fraction of sp³-hybridized carbons (Fsp3) is 0.333. The molecule has 0 saturated carbocycles. The molecule has 5 rings (SSSR count). The quantitative estimate of drug-likeness (QED) is 0.592. The van der Waals surface area contributed by atoms with Crippen LogP contribution < -0.4 is 15.5 Å². The Bertz CT molecular complexity index is 1190. The first-order chi connectivity index (χ1) is 16.6. The van der Waals surface area contributed by atoms with E-state index >= 15 is 0 Å². The summed E-state index contributed by atoms with van der Waals surface area (Å²) in [7, 11) is 0. The van der Waals surface area contributed by atoms with Crippen LogP contribution in [0.2, 0.25) is 0 Å². The highest BCUT2D eigenvalue weighted by molar-refractivity contribution is 5.98. The highest BCUT2D eigenvalue weighted by Gasteiger charge is 2.40. The van der Waals surface area contributed by atoms with Crippen molar-refractivity contribution in [3.8, 4) is 0 Å². The van der Waals surface area contributed by atoms with E-state index < -0.39 is 0 Å². The topological polar surface area (TPSA) is 64.7 Å². The molecule has 2 fully saturated rings. The molecule has 34 heavy (non-hydrogen) atoms. The number of fused-ring (bicyclic) bond motifs is 1. The van der Waals surface area contributed by atoms with Gasteiger partial charge in [0.1, 0.15) is 11.9 Å². The average Bonchev–Trinajstić information content (AvgIpc) is 3.25. The number of nitrogens with one attached hydrogen (secondary N) is 2. The second-order valence-electron chi connectivity index (χ2n) is 9.09. The van der Waals surface area contributed by atoms with Gasteiger partial charge in [-0.15, -0.1) is 0 Å². The van der Waals surface area contributed by atoms with Crippen LogP contribution in [-0.2, 0) is 4.79 Å². The Kier molecular flexibility index (Phi) is 6.45. The van der Waals surface area contributed by atoms with E-state index in [0.717, 1.165) is 48.9 Å². The smallest absolute Gasteiger partial charge is 0.251 e. The molecule has 1 atom stereocenters. The molecule has 176 valence electrons. The Morgan fingerprint density at radius 1 is 1.00 bits per heavy atom. The fourth-order valence-electron chi connectivity index (χ4n) is 5.14. The number of benzene rings is 3. The van der Waals surface area contributed by atoms with Gasteiger partial charge in [-0.3, -0.25) is 9.59 Å². The van der Waals surface area contributed by atoms with Crippen LogP contribution in [0.25, 0.3) is 10.8 Å². The number of rotatable bonds is 6. The SMILES string of the molecule is O=C(NCCN1CCC(C2C(=O)NCN2c2cccc(F)c2)CC1)c1ccc2ccccc2c1. The molecule has 0 aromatic heterocycles. The molecule has 6 nitrogen and oxygen atoms in total. The Balaban J connectivity index is 1.12. The van der Waals surface area contributed by atoms with Crippen LogP contribution in [0.3, 0.4) is 0 Å². The molecule has 2 aliphatic rings. The van der Waals surface area contributed by atoms with Gasteiger partial charge in [0.2, 0.25) is 5.91 Å². The largest absolute Gasteiger partial charge is 0.351 e. The standard InChI is InChI=1S/C27H29FN4O2/c28-23-6-3-7-24(17-23)32-18-30-27(34)25(32)20-10-13-31(14-11-20)15-12-29-26(33)22-9-8-19-4-1-2-5-21(19)16-22/h1-9,16-17,20,25H,10-15,18H2,(H,29,33)(H,30,34). The summed E-state index contributed by atoms with van der Waals surface area (Å²) in [6, 6.07) is 19.9. The van der Waals surface area contributed by atoms with E-state index in [0.29, 0.717) is 18.8 Å². The minimum absolute atomic E-state index is 0.0189. The lowest BCUT2D eigenvalue weighted by Crippen LogP contribution is -2.47. The first kappa shape index (κ1) is 22.3. The summed E-state index contributed by atoms with van der Waals surface area (Å²) in [5, 5.41) is 8.13. The zero-order valence-corrected chi connectivity index (χ0v) is 19.0. The molecule has 2 saturated heterocycles. The van der Waals surface area contributed by atoms with Crippen molar-refractivity contribution in [1.29, 1.82) is 0 Å². The Morgan fingerprint density at radius 3 is 2.59 bits per heavy atom. The summed E-state index contributed by atoms with van der Waals surface area (Å²) in [6.45, 7) is 3.51. The molecule has 0 radical (unpaired) electrons. The predicted octanol–water partition coefficient (Wildman–Crippen LogP) is 3.38. The van der Waals surface area contributed by atoms with Gasteiger partial charge in [0.05, 0.1) is 6.67 Å². The maximum atomic E-state index is 13.7. The third-order valence-electron chi connectivity index (χ3n) is 6.97. The minimum atomic E-state index is -0.295. The third-order valence-corrected chi connectivity index (χ3v) is 6.97. The molecule has 0 aliphatic carbocycles. The number of amides is 2. The zero-order valence-electron chi connectivity index (χ0n) is 19.0. The first-order valence-electron chi connectivity index (χ1n) is 11.9. The van der Waals surface area contributed by atoms with Crippen molar-refractivity contribution in [3.05, 3.63) is 78.1 Å². The van der Waals surface area contributed by atoms with E-state index in [1.165, 1.54) is 12.1 Å². The number of likely N-dealkylation sites (tertiary alicyclic amines) is 1. The summed E-state index contributed by atoms with van der Waals surface area (Å²) in [6.07, 6.45) is 1.78. The van der Waals surface area contributed by atoms with Crippen LogP contribution in [0.4, 0.5) is 10.1 Å². The number of anilines is 1. The van der Waals surface area contributed by atoms with Gasteiger partial charge in [-0.05, 0) is 73.0 Å². The summed E-state index contributed by atoms with van der Waals surface area (Å²) < 4.78 is 13.7. The van der Waals surface area contributed by atoms with E-state index in [1.807, 2.05) is 53.4 Å². The van der Waals surface area contributed by atoms with Gasteiger partial charge in [-0.1, -0.05) is 36.4 Å². The number of hydrogen-bond donors (Lipinski definition) is 2. The Morgan fingerprint density at radius 2 is 1.79 bits per heavy atom. The van der Waals surface area contributed by atoms with Gasteiger partial charge in [-0.25, -0.2) is 4.39 Å². The van der Waals surface area contributed by atoms with E-state index in [2.05, 4.69) is 15.5 Å². The lowest BCUT2D eigenvalue weighted by molar-refractivity contribution is -0.121. The molecule has 2 heterocycles.